The summed E-state index contributed by atoms with van der Waals surface area (Å²) in [5.74, 6) is 1.06. The van der Waals surface area contributed by atoms with E-state index in [0.717, 1.165) is 22.0 Å². The molecule has 0 spiro atoms. The molecule has 17 heavy (non-hydrogen) atoms. The summed E-state index contributed by atoms with van der Waals surface area (Å²) >= 11 is 1.55. The van der Waals surface area contributed by atoms with Crippen LogP contribution in [0.15, 0.2) is 54.5 Å². The number of aromatic hydroxyl groups is 1. The van der Waals surface area contributed by atoms with Crippen molar-refractivity contribution in [3.05, 3.63) is 49.3 Å². The van der Waals surface area contributed by atoms with Crippen molar-refractivity contribution in [1.82, 2.24) is 9.97 Å². The Hall–Kier alpha value is -1.81. The lowest BCUT2D eigenvalue weighted by molar-refractivity contribution is 0.475. The molecule has 0 aliphatic rings. The van der Waals surface area contributed by atoms with Gasteiger partial charge < -0.3 is 5.11 Å². The fraction of sp³-hybridized carbons (Fsp3) is 0.0769. The van der Waals surface area contributed by atoms with E-state index in [1.54, 1.807) is 36.3 Å². The molecule has 0 unspecified atom stereocenters. The first-order valence-corrected chi connectivity index (χ1v) is 6.13. The molecule has 0 atom stereocenters. The molecule has 4 heteroatoms. The molecule has 2 rings (SSSR count). The summed E-state index contributed by atoms with van der Waals surface area (Å²) in [5.41, 5.74) is 1.93. The Morgan fingerprint density at radius 1 is 1.12 bits per heavy atom. The molecular weight excluding hydrogens is 232 g/mol. The Morgan fingerprint density at radius 3 is 2.35 bits per heavy atom. The van der Waals surface area contributed by atoms with Crippen molar-refractivity contribution in [3.8, 4) is 16.9 Å². The van der Waals surface area contributed by atoms with Crippen LogP contribution >= 0.6 is 11.8 Å². The van der Waals surface area contributed by atoms with Crippen LogP contribution in [0.4, 0.5) is 0 Å². The average molecular weight is 244 g/mol. The molecule has 0 aliphatic heterocycles. The van der Waals surface area contributed by atoms with Gasteiger partial charge in [0.15, 0.2) is 5.16 Å². The molecule has 1 heterocycles. The van der Waals surface area contributed by atoms with Gasteiger partial charge in [0.25, 0.3) is 0 Å². The van der Waals surface area contributed by atoms with E-state index in [1.807, 2.05) is 18.2 Å². The van der Waals surface area contributed by atoms with Gasteiger partial charge in [-0.05, 0) is 17.7 Å². The third-order valence-corrected chi connectivity index (χ3v) is 3.03. The second-order valence-corrected chi connectivity index (χ2v) is 4.39. The molecular formula is C13H12N2OS. The van der Waals surface area contributed by atoms with Crippen molar-refractivity contribution >= 4 is 11.8 Å². The number of hydrogen-bond acceptors (Lipinski definition) is 4. The molecule has 86 valence electrons. The molecule has 1 aromatic carbocycles. The van der Waals surface area contributed by atoms with E-state index in [4.69, 9.17) is 0 Å². The highest BCUT2D eigenvalue weighted by atomic mass is 32.2. The Labute approximate surface area is 104 Å². The van der Waals surface area contributed by atoms with Gasteiger partial charge in [-0.15, -0.1) is 6.58 Å². The number of phenols is 1. The molecule has 1 N–H and O–H groups in total. The van der Waals surface area contributed by atoms with E-state index >= 15 is 0 Å². The lowest BCUT2D eigenvalue weighted by atomic mass is 10.1. The predicted molar refractivity (Wildman–Crippen MR) is 70.1 cm³/mol. The number of phenolic OH excluding ortho intramolecular Hbond substituents is 1. The van der Waals surface area contributed by atoms with Gasteiger partial charge in [0.1, 0.15) is 5.75 Å². The lowest BCUT2D eigenvalue weighted by Crippen LogP contribution is -1.87. The van der Waals surface area contributed by atoms with Crippen LogP contribution in [0.5, 0.6) is 5.75 Å². The molecule has 1 aromatic heterocycles. The van der Waals surface area contributed by atoms with Gasteiger partial charge in [-0.2, -0.15) is 0 Å². The van der Waals surface area contributed by atoms with Crippen molar-refractivity contribution in [2.45, 2.75) is 5.16 Å². The molecule has 3 nitrogen and oxygen atoms in total. The normalized spacial score (nSPS) is 10.1. The fourth-order valence-corrected chi connectivity index (χ4v) is 1.85. The first kappa shape index (κ1) is 11.7. The molecule has 0 saturated carbocycles. The molecule has 0 bridgehead atoms. The monoisotopic (exact) mass is 244 g/mol. The first-order chi connectivity index (χ1) is 8.29. The topological polar surface area (TPSA) is 46.0 Å². The van der Waals surface area contributed by atoms with Gasteiger partial charge in [-0.25, -0.2) is 9.97 Å². The maximum Gasteiger partial charge on any atom is 0.187 e. The highest BCUT2D eigenvalue weighted by Crippen LogP contribution is 2.21. The summed E-state index contributed by atoms with van der Waals surface area (Å²) in [6, 6.07) is 6.97. The Kier molecular flexibility index (Phi) is 3.77. The van der Waals surface area contributed by atoms with Crippen molar-refractivity contribution in [1.29, 1.82) is 0 Å². The van der Waals surface area contributed by atoms with E-state index in [-0.39, 0.29) is 5.75 Å². The molecule has 0 aliphatic carbocycles. The molecule has 0 saturated heterocycles. The largest absolute Gasteiger partial charge is 0.508 e. The predicted octanol–water partition coefficient (Wildman–Crippen LogP) is 3.13. The zero-order valence-electron chi connectivity index (χ0n) is 9.21. The maximum atomic E-state index is 9.20. The number of nitrogens with zero attached hydrogens (tertiary/aromatic N) is 2. The summed E-state index contributed by atoms with van der Waals surface area (Å²) in [7, 11) is 0. The van der Waals surface area contributed by atoms with Gasteiger partial charge in [-0.3, -0.25) is 0 Å². The zero-order chi connectivity index (χ0) is 12.1. The van der Waals surface area contributed by atoms with Crippen LogP contribution in [0.1, 0.15) is 0 Å². The SMILES string of the molecule is C=CCSc1ncc(-c2ccc(O)cc2)cn1. The van der Waals surface area contributed by atoms with Gasteiger partial charge >= 0.3 is 0 Å². The second-order valence-electron chi connectivity index (χ2n) is 3.40. The Morgan fingerprint density at radius 2 is 1.76 bits per heavy atom. The van der Waals surface area contributed by atoms with Crippen molar-refractivity contribution in [2.75, 3.05) is 5.75 Å². The van der Waals surface area contributed by atoms with Crippen LogP contribution in [0, 0.1) is 0 Å². The fourth-order valence-electron chi connectivity index (χ4n) is 1.33. The van der Waals surface area contributed by atoms with Gasteiger partial charge in [-0.1, -0.05) is 30.0 Å². The number of hydrogen-bond donors (Lipinski definition) is 1. The zero-order valence-corrected chi connectivity index (χ0v) is 10.0. The second kappa shape index (κ2) is 5.50. The third-order valence-electron chi connectivity index (χ3n) is 2.16. The Bertz CT molecular complexity index is 494. The molecule has 0 radical (unpaired) electrons. The number of aromatic nitrogens is 2. The summed E-state index contributed by atoms with van der Waals surface area (Å²) < 4.78 is 0. The van der Waals surface area contributed by atoms with Gasteiger partial charge in [0.2, 0.25) is 0 Å². The van der Waals surface area contributed by atoms with Crippen LogP contribution in [0.25, 0.3) is 11.1 Å². The third kappa shape index (κ3) is 3.07. The number of benzene rings is 1. The Balaban J connectivity index is 2.17. The van der Waals surface area contributed by atoms with Crippen molar-refractivity contribution in [3.63, 3.8) is 0 Å². The summed E-state index contributed by atoms with van der Waals surface area (Å²) in [5, 5.41) is 9.94. The maximum absolute atomic E-state index is 9.20. The van der Waals surface area contributed by atoms with Gasteiger partial charge in [0.05, 0.1) is 0 Å². The number of rotatable bonds is 4. The average Bonchev–Trinajstić information content (AvgIpc) is 2.38. The summed E-state index contributed by atoms with van der Waals surface area (Å²) in [6.07, 6.45) is 5.39. The lowest BCUT2D eigenvalue weighted by Gasteiger charge is -2.02. The van der Waals surface area contributed by atoms with Crippen LogP contribution in [-0.4, -0.2) is 20.8 Å². The highest BCUT2D eigenvalue weighted by Gasteiger charge is 2.00. The first-order valence-electron chi connectivity index (χ1n) is 5.15. The minimum absolute atomic E-state index is 0.257. The van der Waals surface area contributed by atoms with E-state index in [2.05, 4.69) is 16.5 Å². The smallest absolute Gasteiger partial charge is 0.187 e. The summed E-state index contributed by atoms with van der Waals surface area (Å²) in [4.78, 5) is 8.51. The standard InChI is InChI=1S/C13H12N2OS/c1-2-7-17-13-14-8-11(9-15-13)10-3-5-12(16)6-4-10/h2-6,8-9,16H,1,7H2. The van der Waals surface area contributed by atoms with Crippen molar-refractivity contribution < 1.29 is 5.11 Å². The minimum Gasteiger partial charge on any atom is -0.508 e. The van der Waals surface area contributed by atoms with Crippen molar-refractivity contribution in [2.24, 2.45) is 0 Å². The minimum atomic E-state index is 0.257. The molecule has 2 aromatic rings. The highest BCUT2D eigenvalue weighted by molar-refractivity contribution is 7.99. The van der Waals surface area contributed by atoms with E-state index in [1.165, 1.54) is 0 Å². The van der Waals surface area contributed by atoms with E-state index in [9.17, 15) is 5.11 Å². The number of thioether (sulfide) groups is 1. The molecule has 0 amide bonds. The van der Waals surface area contributed by atoms with Gasteiger partial charge in [0, 0.05) is 23.7 Å². The van der Waals surface area contributed by atoms with E-state index in [0.29, 0.717) is 0 Å². The summed E-state index contributed by atoms with van der Waals surface area (Å²) in [6.45, 7) is 3.65. The van der Waals surface area contributed by atoms with Crippen LogP contribution in [0.3, 0.4) is 0 Å². The molecule has 0 fully saturated rings. The van der Waals surface area contributed by atoms with E-state index < -0.39 is 0 Å². The van der Waals surface area contributed by atoms with Crippen LogP contribution < -0.4 is 0 Å². The van der Waals surface area contributed by atoms with Crippen LogP contribution in [-0.2, 0) is 0 Å². The van der Waals surface area contributed by atoms with Crippen LogP contribution in [0.2, 0.25) is 0 Å². The quantitative estimate of drug-likeness (QED) is 0.510.